The molecule has 0 N–H and O–H groups in total. The Bertz CT molecular complexity index is 761. The Kier molecular flexibility index (Phi) is 4.03. The van der Waals surface area contributed by atoms with E-state index in [0.29, 0.717) is 17.8 Å². The zero-order valence-corrected chi connectivity index (χ0v) is 12.3. The van der Waals surface area contributed by atoms with Gasteiger partial charge in [-0.15, -0.1) is 0 Å². The lowest BCUT2D eigenvalue weighted by Gasteiger charge is -2.09. The van der Waals surface area contributed by atoms with Crippen LogP contribution in [0.3, 0.4) is 0 Å². The minimum atomic E-state index is -0.00595. The van der Waals surface area contributed by atoms with Crippen molar-refractivity contribution in [3.05, 3.63) is 40.4 Å². The quantitative estimate of drug-likeness (QED) is 0.788. The van der Waals surface area contributed by atoms with Gasteiger partial charge in [0.1, 0.15) is 5.82 Å². The molecule has 1 saturated heterocycles. The lowest BCUT2D eigenvalue weighted by atomic mass is 10.2. The van der Waals surface area contributed by atoms with Crippen molar-refractivity contribution in [2.45, 2.75) is 26.3 Å². The Hall–Kier alpha value is -2.12. The van der Waals surface area contributed by atoms with Crippen LogP contribution in [0.4, 0.5) is 0 Å². The first-order valence-corrected chi connectivity index (χ1v) is 7.40. The second-order valence-electron chi connectivity index (χ2n) is 5.40. The highest BCUT2D eigenvalue weighted by atomic mass is 16.1. The maximum atomic E-state index is 12.4. The summed E-state index contributed by atoms with van der Waals surface area (Å²) in [6, 6.07) is 7.45. The van der Waals surface area contributed by atoms with Crippen LogP contribution in [0.5, 0.6) is 0 Å². The Morgan fingerprint density at radius 2 is 1.86 bits per heavy atom. The molecule has 2 heterocycles. The Labute approximate surface area is 124 Å². The molecule has 0 atom stereocenters. The minimum Gasteiger partial charge on any atom is -0.292 e. The van der Waals surface area contributed by atoms with Gasteiger partial charge >= 0.3 is 0 Å². The number of hydrogen-bond donors (Lipinski definition) is 0. The zero-order valence-electron chi connectivity index (χ0n) is 12.3. The van der Waals surface area contributed by atoms with Crippen LogP contribution in [0.1, 0.15) is 18.7 Å². The highest BCUT2D eigenvalue weighted by Gasteiger charge is 2.09. The summed E-state index contributed by atoms with van der Waals surface area (Å²) >= 11 is 0. The van der Waals surface area contributed by atoms with Gasteiger partial charge in [-0.25, -0.2) is 4.98 Å². The number of rotatable bonds is 2. The molecule has 0 spiro atoms. The third-order valence-corrected chi connectivity index (χ3v) is 3.92. The highest BCUT2D eigenvalue weighted by Crippen LogP contribution is 2.07. The number of hydrogen-bond acceptors (Lipinski definition) is 3. The maximum absolute atomic E-state index is 12.4. The molecule has 1 aliphatic rings. The monoisotopic (exact) mass is 281 g/mol. The van der Waals surface area contributed by atoms with Gasteiger partial charge in [0.05, 0.1) is 24.0 Å². The van der Waals surface area contributed by atoms with E-state index in [2.05, 4.69) is 21.7 Å². The van der Waals surface area contributed by atoms with Crippen LogP contribution in [0.2, 0.25) is 0 Å². The smallest absolute Gasteiger partial charge is 0.262 e. The van der Waals surface area contributed by atoms with Gasteiger partial charge in [-0.05, 0) is 45.0 Å². The van der Waals surface area contributed by atoms with Gasteiger partial charge in [-0.3, -0.25) is 14.3 Å². The zero-order chi connectivity index (χ0) is 14.7. The fraction of sp³-hybridized carbons (Fsp3) is 0.412. The van der Waals surface area contributed by atoms with Crippen molar-refractivity contribution >= 4 is 10.9 Å². The van der Waals surface area contributed by atoms with Gasteiger partial charge in [0.15, 0.2) is 0 Å². The number of nitrogens with zero attached hydrogens (tertiary/aromatic N) is 3. The van der Waals surface area contributed by atoms with Gasteiger partial charge < -0.3 is 0 Å². The topological polar surface area (TPSA) is 38.1 Å². The first kappa shape index (κ1) is 13.8. The van der Waals surface area contributed by atoms with E-state index < -0.39 is 0 Å². The average Bonchev–Trinajstić information content (AvgIpc) is 2.99. The van der Waals surface area contributed by atoms with Gasteiger partial charge in [0.25, 0.3) is 5.56 Å². The molecule has 1 aromatic heterocycles. The molecule has 1 aliphatic heterocycles. The van der Waals surface area contributed by atoms with Crippen LogP contribution >= 0.6 is 0 Å². The normalized spacial score (nSPS) is 15.1. The van der Waals surface area contributed by atoms with Crippen molar-refractivity contribution in [3.8, 4) is 11.8 Å². The van der Waals surface area contributed by atoms with Gasteiger partial charge in [0.2, 0.25) is 0 Å². The summed E-state index contributed by atoms with van der Waals surface area (Å²) in [6.07, 6.45) is 2.55. The van der Waals surface area contributed by atoms with Crippen LogP contribution < -0.4 is 5.56 Å². The average molecular weight is 281 g/mol. The van der Waals surface area contributed by atoms with E-state index in [9.17, 15) is 4.79 Å². The molecule has 2 aromatic rings. The molecular weight excluding hydrogens is 262 g/mol. The Morgan fingerprint density at radius 1 is 1.14 bits per heavy atom. The van der Waals surface area contributed by atoms with Crippen molar-refractivity contribution in [1.82, 2.24) is 14.5 Å². The largest absolute Gasteiger partial charge is 0.292 e. The highest BCUT2D eigenvalue weighted by molar-refractivity contribution is 5.77. The van der Waals surface area contributed by atoms with E-state index in [0.717, 1.165) is 25.2 Å². The number of para-hydroxylation sites is 1. The van der Waals surface area contributed by atoms with Gasteiger partial charge in [-0.1, -0.05) is 24.0 Å². The van der Waals surface area contributed by atoms with Gasteiger partial charge in [-0.2, -0.15) is 0 Å². The summed E-state index contributed by atoms with van der Waals surface area (Å²) in [6.45, 7) is 5.36. The molecular formula is C17H19N3O. The van der Waals surface area contributed by atoms with Crippen molar-refractivity contribution < 1.29 is 0 Å². The summed E-state index contributed by atoms with van der Waals surface area (Å²) in [5, 5.41) is 0.657. The maximum Gasteiger partial charge on any atom is 0.262 e. The molecule has 1 fully saturated rings. The van der Waals surface area contributed by atoms with Crippen LogP contribution in [0, 0.1) is 18.8 Å². The molecule has 4 nitrogen and oxygen atoms in total. The number of aryl methyl sites for hydroxylation is 1. The molecule has 0 bridgehead atoms. The van der Waals surface area contributed by atoms with E-state index in [-0.39, 0.29) is 5.56 Å². The fourth-order valence-electron chi connectivity index (χ4n) is 2.71. The van der Waals surface area contributed by atoms with Crippen LogP contribution in [0.25, 0.3) is 10.9 Å². The van der Waals surface area contributed by atoms with E-state index >= 15 is 0 Å². The first-order valence-electron chi connectivity index (χ1n) is 7.40. The molecule has 0 amide bonds. The Balaban J connectivity index is 1.80. The molecule has 4 heteroatoms. The van der Waals surface area contributed by atoms with Crippen molar-refractivity contribution in [2.24, 2.45) is 0 Å². The van der Waals surface area contributed by atoms with Crippen molar-refractivity contribution in [1.29, 1.82) is 0 Å². The molecule has 1 aromatic carbocycles. The molecule has 0 saturated carbocycles. The van der Waals surface area contributed by atoms with E-state index in [4.69, 9.17) is 0 Å². The molecule has 0 radical (unpaired) electrons. The number of benzene rings is 1. The summed E-state index contributed by atoms with van der Waals surface area (Å²) in [4.78, 5) is 19.3. The molecule has 0 unspecified atom stereocenters. The third-order valence-electron chi connectivity index (χ3n) is 3.92. The van der Waals surface area contributed by atoms with Crippen molar-refractivity contribution in [3.63, 3.8) is 0 Å². The first-order chi connectivity index (χ1) is 10.3. The van der Waals surface area contributed by atoms with E-state index in [1.54, 1.807) is 4.57 Å². The molecule has 108 valence electrons. The number of fused-ring (bicyclic) bond motifs is 1. The minimum absolute atomic E-state index is 0.00595. The summed E-state index contributed by atoms with van der Waals surface area (Å²) in [5.41, 5.74) is 0.745. The molecule has 0 aliphatic carbocycles. The van der Waals surface area contributed by atoms with Crippen LogP contribution in [-0.2, 0) is 6.54 Å². The number of likely N-dealkylation sites (tertiary alicyclic amines) is 1. The second-order valence-corrected chi connectivity index (χ2v) is 5.40. The summed E-state index contributed by atoms with van der Waals surface area (Å²) in [5.74, 6) is 6.99. The molecule has 21 heavy (non-hydrogen) atoms. The second kappa shape index (κ2) is 6.11. The predicted octanol–water partition coefficient (Wildman–Crippen LogP) is 1.80. The third kappa shape index (κ3) is 2.98. The van der Waals surface area contributed by atoms with E-state index in [1.165, 1.54) is 12.8 Å². The fourth-order valence-corrected chi connectivity index (χ4v) is 2.71. The Morgan fingerprint density at radius 3 is 2.67 bits per heavy atom. The van der Waals surface area contributed by atoms with E-state index in [1.807, 2.05) is 31.2 Å². The van der Waals surface area contributed by atoms with Crippen LogP contribution in [0.15, 0.2) is 29.1 Å². The standard InChI is InChI=1S/C17H19N3O/c1-14-18-16-9-3-2-8-15(16)17(21)20(14)13-7-6-12-19-10-4-5-11-19/h2-3,8-9H,4-5,10-13H2,1H3. The van der Waals surface area contributed by atoms with Crippen LogP contribution in [-0.4, -0.2) is 34.1 Å². The number of aromatic nitrogens is 2. The molecule has 3 rings (SSSR count). The lowest BCUT2D eigenvalue weighted by molar-refractivity contribution is 0.383. The summed E-state index contributed by atoms with van der Waals surface area (Å²) < 4.78 is 1.65. The lowest BCUT2D eigenvalue weighted by Crippen LogP contribution is -2.23. The van der Waals surface area contributed by atoms with Crippen molar-refractivity contribution in [2.75, 3.05) is 19.6 Å². The van der Waals surface area contributed by atoms with Gasteiger partial charge in [0, 0.05) is 0 Å². The summed E-state index contributed by atoms with van der Waals surface area (Å²) in [7, 11) is 0. The predicted molar refractivity (Wildman–Crippen MR) is 84.2 cm³/mol. The SMILES string of the molecule is Cc1nc2ccccc2c(=O)n1CC#CCN1CCCC1.